The van der Waals surface area contributed by atoms with Crippen molar-refractivity contribution in [2.75, 3.05) is 11.9 Å². The van der Waals surface area contributed by atoms with E-state index in [1.807, 2.05) is 0 Å². The summed E-state index contributed by atoms with van der Waals surface area (Å²) in [6, 6.07) is 0. The number of carbonyl (C=O) groups is 2. The third kappa shape index (κ3) is 8.34. The Kier molecular flexibility index (Phi) is 10.2. The Bertz CT molecular complexity index is 176. The van der Waals surface area contributed by atoms with Gasteiger partial charge in [-0.2, -0.15) is 0 Å². The van der Waals surface area contributed by atoms with Crippen molar-refractivity contribution in [3.8, 4) is 0 Å². The molecule has 0 rings (SSSR count). The normalized spacial score (nSPS) is 8.23. The van der Waals surface area contributed by atoms with Gasteiger partial charge in [0.05, 0.1) is 0 Å². The number of esters is 1. The minimum absolute atomic E-state index is 0. The molecule has 13 heavy (non-hydrogen) atoms. The van der Waals surface area contributed by atoms with Gasteiger partial charge in [0.15, 0.2) is 0 Å². The fraction of sp³-hybridized carbons (Fsp3) is 0.500. The van der Waals surface area contributed by atoms with Crippen LogP contribution < -0.4 is 0 Å². The van der Waals surface area contributed by atoms with E-state index < -0.39 is 19.3 Å². The van der Waals surface area contributed by atoms with Crippen LogP contribution in [0.4, 0.5) is 0 Å². The van der Waals surface area contributed by atoms with Crippen LogP contribution in [0.1, 0.15) is 0 Å². The molecule has 0 aromatic rings. The summed E-state index contributed by atoms with van der Waals surface area (Å²) in [6.07, 6.45) is 0. The summed E-state index contributed by atoms with van der Waals surface area (Å²) in [5, 5.41) is 16.6. The van der Waals surface area contributed by atoms with Crippen molar-refractivity contribution in [1.29, 1.82) is 0 Å². The third-order valence-electron chi connectivity index (χ3n) is 0.689. The molecule has 0 aromatic heterocycles. The van der Waals surface area contributed by atoms with Crippen LogP contribution in [0.5, 0.6) is 0 Å². The van der Waals surface area contributed by atoms with E-state index in [0.29, 0.717) is 5.33 Å². The quantitative estimate of drug-likeness (QED) is 0.255. The number of alkyl halides is 1. The summed E-state index contributed by atoms with van der Waals surface area (Å²) >= 11 is 2.95. The number of hydrogen-bond acceptors (Lipinski definition) is 6. The maximum absolute atomic E-state index is 10.5. The number of hydrogen-bond donors (Lipinski definition) is 2. The number of carbonyl (C=O) groups excluding carboxylic acids is 2. The molecule has 0 spiro atoms. The van der Waals surface area contributed by atoms with Crippen molar-refractivity contribution < 1.29 is 29.0 Å². The molecule has 0 radical (unpaired) electrons. The third-order valence-corrected chi connectivity index (χ3v) is 1.01. The van der Waals surface area contributed by atoms with E-state index in [1.165, 1.54) is 0 Å². The molecule has 0 saturated carbocycles. The first kappa shape index (κ1) is 15.5. The van der Waals surface area contributed by atoms with Crippen LogP contribution in [0.15, 0.2) is 0 Å². The molecule has 6 nitrogen and oxygen atoms in total. The van der Waals surface area contributed by atoms with Gasteiger partial charge in [-0.1, -0.05) is 15.9 Å². The van der Waals surface area contributed by atoms with Gasteiger partial charge in [-0.25, -0.2) is 9.59 Å². The predicted octanol–water partition coefficient (Wildman–Crippen LogP) is -2.21. The van der Waals surface area contributed by atoms with E-state index in [2.05, 4.69) is 25.3 Å². The molecule has 0 amide bonds. The second-order valence-electron chi connectivity index (χ2n) is 1.56. The Hall–Kier alpha value is 0.00234. The summed E-state index contributed by atoms with van der Waals surface area (Å²) in [5.41, 5.74) is 0. The first-order valence-corrected chi connectivity index (χ1v) is 4.00. The zero-order chi connectivity index (χ0) is 9.56. The van der Waals surface area contributed by atoms with Crippen LogP contribution in [0.3, 0.4) is 0 Å². The van der Waals surface area contributed by atoms with Gasteiger partial charge in [-0.3, -0.25) is 0 Å². The van der Waals surface area contributed by atoms with Gasteiger partial charge in [0.25, 0.3) is 0 Å². The molecule has 0 aromatic carbocycles. The van der Waals surface area contributed by atoms with Crippen molar-refractivity contribution in [1.82, 2.24) is 0 Å². The van der Waals surface area contributed by atoms with Crippen LogP contribution in [-0.4, -0.2) is 60.1 Å². The Morgan fingerprint density at radius 3 is 2.23 bits per heavy atom. The van der Waals surface area contributed by atoms with Gasteiger partial charge in [0.1, 0.15) is 6.61 Å². The first-order chi connectivity index (χ1) is 5.57. The van der Waals surface area contributed by atoms with Crippen LogP contribution in [-0.2, 0) is 19.0 Å². The second-order valence-corrected chi connectivity index (χ2v) is 2.35. The van der Waals surface area contributed by atoms with Gasteiger partial charge in [-0.05, 0) is 0 Å². The summed E-state index contributed by atoms with van der Waals surface area (Å²) in [5.74, 6) is -2.70. The van der Waals surface area contributed by atoms with Crippen LogP contribution >= 0.6 is 15.9 Å². The fourth-order valence-corrected chi connectivity index (χ4v) is 0.496. The van der Waals surface area contributed by atoms with E-state index >= 15 is 0 Å². The molecule has 2 N–H and O–H groups in total. The second kappa shape index (κ2) is 8.59. The molecular weight excluding hydrogens is 242 g/mol. The predicted molar refractivity (Wildman–Crippen MR) is 48.2 cm³/mol. The summed E-state index contributed by atoms with van der Waals surface area (Å²) < 4.78 is 7.96. The summed E-state index contributed by atoms with van der Waals surface area (Å²) in [6.45, 7) is 0.00938. The van der Waals surface area contributed by atoms with Crippen molar-refractivity contribution >= 4 is 54.1 Å². The van der Waals surface area contributed by atoms with E-state index in [0.717, 1.165) is 0 Å². The van der Waals surface area contributed by atoms with Gasteiger partial charge in [0, 0.05) is 5.33 Å². The Labute approximate surface area is 95.1 Å². The van der Waals surface area contributed by atoms with Crippen molar-refractivity contribution in [2.45, 2.75) is 0 Å². The molecule has 0 heterocycles. The fourth-order valence-electron chi connectivity index (χ4n) is 0.334. The van der Waals surface area contributed by atoms with Crippen LogP contribution in [0, 0.1) is 0 Å². The molecule has 70 valence electrons. The zero-order valence-corrected chi connectivity index (χ0v) is 7.48. The molecule has 0 fully saturated rings. The molecule has 0 bridgehead atoms. The molecule has 0 aliphatic heterocycles. The number of ether oxygens (including phenoxy) is 1. The molecule has 0 atom stereocenters. The van der Waals surface area contributed by atoms with Crippen LogP contribution in [0.2, 0.25) is 0 Å². The SMILES string of the molecule is O=C(OCCBr)C(=O)OB(O)O.[LiH]. The van der Waals surface area contributed by atoms with Crippen LogP contribution in [0.25, 0.3) is 0 Å². The molecule has 9 heteroatoms. The maximum atomic E-state index is 10.5. The average molecular weight is 249 g/mol. The molecule has 0 unspecified atom stereocenters. The van der Waals surface area contributed by atoms with Gasteiger partial charge >= 0.3 is 38.1 Å². The first-order valence-electron chi connectivity index (χ1n) is 2.87. The van der Waals surface area contributed by atoms with Crippen molar-refractivity contribution in [3.05, 3.63) is 0 Å². The van der Waals surface area contributed by atoms with Crippen molar-refractivity contribution in [3.63, 3.8) is 0 Å². The number of halogens is 1. The Morgan fingerprint density at radius 2 is 1.85 bits per heavy atom. The monoisotopic (exact) mass is 248 g/mol. The molecular formula is C4H7BBrLiO6. The van der Waals surface area contributed by atoms with Crippen molar-refractivity contribution in [2.24, 2.45) is 0 Å². The van der Waals surface area contributed by atoms with E-state index in [9.17, 15) is 9.59 Å². The Morgan fingerprint density at radius 1 is 1.31 bits per heavy atom. The van der Waals surface area contributed by atoms with E-state index in [-0.39, 0.29) is 25.5 Å². The molecule has 0 aliphatic carbocycles. The minimum atomic E-state index is -2.30. The summed E-state index contributed by atoms with van der Waals surface area (Å²) in [7, 11) is -2.30. The van der Waals surface area contributed by atoms with Gasteiger partial charge < -0.3 is 19.4 Å². The Balaban J connectivity index is 0. The van der Waals surface area contributed by atoms with Gasteiger partial charge in [0.2, 0.25) is 0 Å². The topological polar surface area (TPSA) is 93.1 Å². The van der Waals surface area contributed by atoms with E-state index in [4.69, 9.17) is 10.0 Å². The summed E-state index contributed by atoms with van der Waals surface area (Å²) in [4.78, 5) is 20.9. The molecule has 0 saturated heterocycles. The van der Waals surface area contributed by atoms with E-state index in [1.54, 1.807) is 0 Å². The number of rotatable bonds is 3. The molecule has 0 aliphatic rings. The standard InChI is InChI=1S/C4H6BBrO6.Li.H/c6-1-2-11-3(7)4(8)12-5(9)10;;/h9-10H,1-2H2;;. The zero-order valence-electron chi connectivity index (χ0n) is 5.90. The average Bonchev–Trinajstić information content (AvgIpc) is 1.98. The van der Waals surface area contributed by atoms with Gasteiger partial charge in [-0.15, -0.1) is 0 Å².